The number of fused-ring (bicyclic) bond motifs is 1. The molecule has 9 nitrogen and oxygen atoms in total. The third kappa shape index (κ3) is 2.99. The van der Waals surface area contributed by atoms with Gasteiger partial charge in [-0.25, -0.2) is 0 Å². The number of primary amides is 1. The van der Waals surface area contributed by atoms with Crippen LogP contribution >= 0.6 is 11.3 Å². The summed E-state index contributed by atoms with van der Waals surface area (Å²) in [4.78, 5) is 30.9. The lowest BCUT2D eigenvalue weighted by Crippen LogP contribution is -2.10. The molecule has 4 N–H and O–H groups in total. The first-order valence-electron chi connectivity index (χ1n) is 6.77. The molecule has 25 heavy (non-hydrogen) atoms. The standard InChI is InChI=1S/C14H11N5O4S2/c1-25(23)14-17-10(6-3-2-4-7(5-6)19(21)22)8-9(15)11(12(16)20)24-13(8)18-14/h2-5H,15H2,1H3,(H2,16,20). The first kappa shape index (κ1) is 17.1. The number of anilines is 1. The van der Waals surface area contributed by atoms with Gasteiger partial charge in [0.1, 0.15) is 16.0 Å². The second-order valence-electron chi connectivity index (χ2n) is 5.01. The molecule has 3 aromatic rings. The van der Waals surface area contributed by atoms with E-state index in [9.17, 15) is 19.5 Å². The van der Waals surface area contributed by atoms with Crippen LogP contribution in [0.25, 0.3) is 21.5 Å². The highest BCUT2D eigenvalue weighted by Crippen LogP contribution is 2.39. The van der Waals surface area contributed by atoms with Crippen LogP contribution in [0.4, 0.5) is 11.4 Å². The maximum absolute atomic E-state index is 11.8. The normalized spacial score (nSPS) is 12.2. The van der Waals surface area contributed by atoms with Crippen LogP contribution in [-0.2, 0) is 11.2 Å². The number of hydrogen-bond donors (Lipinski definition) is 2. The van der Waals surface area contributed by atoms with Crippen molar-refractivity contribution in [2.75, 3.05) is 12.0 Å². The van der Waals surface area contributed by atoms with Gasteiger partial charge in [-0.05, 0) is 0 Å². The number of nitrogens with two attached hydrogens (primary N) is 2. The summed E-state index contributed by atoms with van der Waals surface area (Å²) in [5, 5.41) is 11.4. The minimum atomic E-state index is -1.50. The number of carbonyl (C=O) groups excluding carboxylic acids is 1. The Bertz CT molecular complexity index is 1020. The van der Waals surface area contributed by atoms with Crippen molar-refractivity contribution in [3.8, 4) is 11.3 Å². The smallest absolute Gasteiger partial charge is 0.344 e. The van der Waals surface area contributed by atoms with Gasteiger partial charge in [-0.1, -0.05) is 12.1 Å². The molecule has 1 amide bonds. The Kier molecular flexibility index (Phi) is 4.29. The number of amides is 1. The van der Waals surface area contributed by atoms with Gasteiger partial charge >= 0.3 is 5.16 Å². The first-order valence-corrected chi connectivity index (χ1v) is 9.15. The van der Waals surface area contributed by atoms with E-state index in [1.807, 2.05) is 0 Å². The topological polar surface area (TPSA) is 161 Å². The molecule has 1 atom stereocenters. The number of thiophene rings is 1. The van der Waals surface area contributed by atoms with E-state index in [0.29, 0.717) is 15.8 Å². The van der Waals surface area contributed by atoms with Crippen LogP contribution in [0.3, 0.4) is 0 Å². The number of benzene rings is 1. The summed E-state index contributed by atoms with van der Waals surface area (Å²) in [5.74, 6) is -0.718. The Morgan fingerprint density at radius 1 is 1.36 bits per heavy atom. The Morgan fingerprint density at radius 2 is 2.08 bits per heavy atom. The molecule has 0 aliphatic rings. The number of nitro groups is 1. The quantitative estimate of drug-likeness (QED) is 0.302. The number of aromatic nitrogens is 2. The molecule has 2 aromatic heterocycles. The van der Waals surface area contributed by atoms with Crippen LogP contribution in [0.5, 0.6) is 0 Å². The minimum Gasteiger partial charge on any atom is -0.609 e. The van der Waals surface area contributed by atoms with Gasteiger partial charge in [0.2, 0.25) is 0 Å². The van der Waals surface area contributed by atoms with Crippen LogP contribution in [0.2, 0.25) is 0 Å². The molecule has 11 heteroatoms. The maximum Gasteiger partial charge on any atom is 0.344 e. The lowest BCUT2D eigenvalue weighted by Gasteiger charge is -2.07. The fourth-order valence-corrected chi connectivity index (χ4v) is 3.73. The van der Waals surface area contributed by atoms with Gasteiger partial charge in [0.05, 0.1) is 21.7 Å². The van der Waals surface area contributed by atoms with Crippen LogP contribution in [0, 0.1) is 10.1 Å². The molecule has 128 valence electrons. The highest BCUT2D eigenvalue weighted by Gasteiger charge is 2.24. The molecule has 0 saturated heterocycles. The van der Waals surface area contributed by atoms with E-state index < -0.39 is 22.0 Å². The highest BCUT2D eigenvalue weighted by atomic mass is 32.2. The second-order valence-corrected chi connectivity index (χ2v) is 7.28. The molecule has 1 aromatic carbocycles. The van der Waals surface area contributed by atoms with E-state index in [1.165, 1.54) is 24.5 Å². The number of non-ortho nitro benzene ring substituents is 1. The van der Waals surface area contributed by atoms with E-state index in [0.717, 1.165) is 11.3 Å². The van der Waals surface area contributed by atoms with Crippen molar-refractivity contribution in [2.24, 2.45) is 5.73 Å². The fraction of sp³-hybridized carbons (Fsp3) is 0.0714. The Morgan fingerprint density at radius 3 is 2.68 bits per heavy atom. The molecule has 0 radical (unpaired) electrons. The summed E-state index contributed by atoms with van der Waals surface area (Å²) in [6.45, 7) is 0. The predicted molar refractivity (Wildman–Crippen MR) is 94.8 cm³/mol. The van der Waals surface area contributed by atoms with Gasteiger partial charge < -0.3 is 16.0 Å². The number of nitrogen functional groups attached to an aromatic ring is 1. The monoisotopic (exact) mass is 377 g/mol. The molecule has 0 aliphatic carbocycles. The Labute approximate surface area is 148 Å². The maximum atomic E-state index is 11.8. The van der Waals surface area contributed by atoms with Crippen LogP contribution in [0.1, 0.15) is 9.67 Å². The fourth-order valence-electron chi connectivity index (χ4n) is 2.29. The third-order valence-corrected chi connectivity index (χ3v) is 5.19. The zero-order chi connectivity index (χ0) is 18.3. The number of hydrogen-bond acceptors (Lipinski definition) is 8. The van der Waals surface area contributed by atoms with Gasteiger partial charge in [-0.2, -0.15) is 9.97 Å². The predicted octanol–water partition coefficient (Wildman–Crippen LogP) is 1.68. The van der Waals surface area contributed by atoms with Crippen LogP contribution in [-0.4, -0.2) is 31.6 Å². The average molecular weight is 377 g/mol. The lowest BCUT2D eigenvalue weighted by atomic mass is 10.1. The summed E-state index contributed by atoms with van der Waals surface area (Å²) in [6, 6.07) is 5.78. The summed E-state index contributed by atoms with van der Waals surface area (Å²) in [6.07, 6.45) is 1.41. The second kappa shape index (κ2) is 6.27. The number of nitro benzene ring substituents is 1. The number of rotatable bonds is 4. The van der Waals surface area contributed by atoms with Gasteiger partial charge in [-0.15, -0.1) is 11.3 Å². The third-order valence-electron chi connectivity index (χ3n) is 3.38. The zero-order valence-corrected chi connectivity index (χ0v) is 14.4. The van der Waals surface area contributed by atoms with E-state index in [-0.39, 0.29) is 27.1 Å². The molecule has 0 spiro atoms. The summed E-state index contributed by atoms with van der Waals surface area (Å²) in [7, 11) is 0. The lowest BCUT2D eigenvalue weighted by molar-refractivity contribution is -0.384. The van der Waals surface area contributed by atoms with Crippen molar-refractivity contribution in [1.82, 2.24) is 9.97 Å². The van der Waals surface area contributed by atoms with Gasteiger partial charge in [-0.3, -0.25) is 14.9 Å². The van der Waals surface area contributed by atoms with Crippen molar-refractivity contribution >= 4 is 50.0 Å². The molecule has 0 saturated carbocycles. The zero-order valence-electron chi connectivity index (χ0n) is 12.8. The number of nitrogens with zero attached hydrogens (tertiary/aromatic N) is 3. The summed E-state index contributed by atoms with van der Waals surface area (Å²) >= 11 is -0.534. The highest BCUT2D eigenvalue weighted by molar-refractivity contribution is 7.90. The first-order chi connectivity index (χ1) is 11.8. The molecule has 0 aliphatic heterocycles. The van der Waals surface area contributed by atoms with Crippen molar-refractivity contribution < 1.29 is 14.3 Å². The molecular weight excluding hydrogens is 366 g/mol. The van der Waals surface area contributed by atoms with Crippen LogP contribution in [0.15, 0.2) is 29.4 Å². The Hall–Kier alpha value is -2.76. The largest absolute Gasteiger partial charge is 0.609 e. The minimum absolute atomic E-state index is 0.0336. The summed E-state index contributed by atoms with van der Waals surface area (Å²) < 4.78 is 11.8. The molecule has 0 fully saturated rings. The molecule has 3 rings (SSSR count). The molecule has 1 unspecified atom stereocenters. The van der Waals surface area contributed by atoms with E-state index in [2.05, 4.69) is 9.97 Å². The van der Waals surface area contributed by atoms with Gasteiger partial charge in [0.25, 0.3) is 11.6 Å². The van der Waals surface area contributed by atoms with Crippen LogP contribution < -0.4 is 11.5 Å². The van der Waals surface area contributed by atoms with Crippen molar-refractivity contribution in [3.05, 3.63) is 39.3 Å². The molecule has 0 bridgehead atoms. The van der Waals surface area contributed by atoms with Crippen molar-refractivity contribution in [2.45, 2.75) is 5.16 Å². The molecular formula is C14H11N5O4S2. The SMILES string of the molecule is C[S+]([O-])c1nc(-c2cccc([N+](=O)[O-])c2)c2c(N)c(C(N)=O)sc2n1. The summed E-state index contributed by atoms with van der Waals surface area (Å²) in [5.41, 5.74) is 12.0. The Balaban J connectivity index is 2.37. The van der Waals surface area contributed by atoms with E-state index >= 15 is 0 Å². The molecule has 2 heterocycles. The van der Waals surface area contributed by atoms with E-state index in [1.54, 1.807) is 6.07 Å². The van der Waals surface area contributed by atoms with E-state index in [4.69, 9.17) is 11.5 Å². The van der Waals surface area contributed by atoms with Crippen molar-refractivity contribution in [3.63, 3.8) is 0 Å². The van der Waals surface area contributed by atoms with Crippen molar-refractivity contribution in [1.29, 1.82) is 0 Å². The van der Waals surface area contributed by atoms with Gasteiger partial charge in [0.15, 0.2) is 0 Å². The number of carbonyl (C=O) groups is 1. The van der Waals surface area contributed by atoms with Gasteiger partial charge in [0, 0.05) is 28.9 Å². The average Bonchev–Trinajstić information content (AvgIpc) is 2.91.